The Morgan fingerprint density at radius 2 is 2.00 bits per heavy atom. The zero-order valence-corrected chi connectivity index (χ0v) is 12.3. The van der Waals surface area contributed by atoms with Gasteiger partial charge in [-0.1, -0.05) is 39.3 Å². The molecule has 0 aliphatic rings. The van der Waals surface area contributed by atoms with Gasteiger partial charge in [-0.2, -0.15) is 5.26 Å². The number of carbonyl (C=O) groups excluding carboxylic acids is 1. The number of nitrogens with one attached hydrogen (secondary N) is 1. The first-order chi connectivity index (χ1) is 8.85. The van der Waals surface area contributed by atoms with Crippen LogP contribution in [0.1, 0.15) is 49.7 Å². The van der Waals surface area contributed by atoms with Crippen LogP contribution in [-0.4, -0.2) is 16.9 Å². The van der Waals surface area contributed by atoms with Gasteiger partial charge >= 0.3 is 0 Å². The molecule has 1 heterocycles. The van der Waals surface area contributed by atoms with Gasteiger partial charge in [0.05, 0.1) is 6.07 Å². The summed E-state index contributed by atoms with van der Waals surface area (Å²) < 4.78 is 0. The topological polar surface area (TPSA) is 65.8 Å². The van der Waals surface area contributed by atoms with Gasteiger partial charge in [-0.25, -0.2) is 4.98 Å². The Labute approximate surface area is 118 Å². The smallest absolute Gasteiger partial charge is 0.252 e. The molecular weight excluding hydrogens is 262 g/mol. The average Bonchev–Trinajstić information content (AvgIpc) is 2.34. The predicted molar refractivity (Wildman–Crippen MR) is 75.0 cm³/mol. The number of hydrogen-bond donors (Lipinski definition) is 1. The molecule has 5 heteroatoms. The third kappa shape index (κ3) is 4.22. The zero-order valence-electron chi connectivity index (χ0n) is 11.6. The summed E-state index contributed by atoms with van der Waals surface area (Å²) in [6.07, 6.45) is 0. The molecule has 0 aromatic carbocycles. The van der Waals surface area contributed by atoms with Crippen molar-refractivity contribution in [1.29, 1.82) is 5.26 Å². The van der Waals surface area contributed by atoms with Crippen molar-refractivity contribution in [1.82, 2.24) is 10.3 Å². The van der Waals surface area contributed by atoms with E-state index in [0.29, 0.717) is 5.56 Å². The summed E-state index contributed by atoms with van der Waals surface area (Å²) in [5.74, 6) is -0.0654. The van der Waals surface area contributed by atoms with Gasteiger partial charge in [-0.05, 0) is 24.0 Å². The summed E-state index contributed by atoms with van der Waals surface area (Å²) in [7, 11) is 0. The van der Waals surface area contributed by atoms with E-state index in [1.165, 1.54) is 6.07 Å². The molecule has 102 valence electrons. The van der Waals surface area contributed by atoms with Gasteiger partial charge in [0.15, 0.2) is 0 Å². The maximum Gasteiger partial charge on any atom is 0.252 e. The summed E-state index contributed by atoms with van der Waals surface area (Å²) in [6, 6.07) is 4.78. The SMILES string of the molecule is CC(C)c1cc(C(=O)NC(C#N)C(C)C)cc(Cl)n1. The van der Waals surface area contributed by atoms with Crippen LogP contribution >= 0.6 is 11.6 Å². The molecule has 0 aliphatic heterocycles. The Morgan fingerprint density at radius 3 is 2.47 bits per heavy atom. The first-order valence-electron chi connectivity index (χ1n) is 6.23. The molecule has 19 heavy (non-hydrogen) atoms. The Morgan fingerprint density at radius 1 is 1.37 bits per heavy atom. The van der Waals surface area contributed by atoms with Crippen molar-refractivity contribution in [2.75, 3.05) is 0 Å². The number of pyridine rings is 1. The van der Waals surface area contributed by atoms with E-state index >= 15 is 0 Å². The van der Waals surface area contributed by atoms with Crippen LogP contribution < -0.4 is 5.32 Å². The van der Waals surface area contributed by atoms with Crippen molar-refractivity contribution in [3.63, 3.8) is 0 Å². The lowest BCUT2D eigenvalue weighted by atomic mass is 10.0. The van der Waals surface area contributed by atoms with Crippen LogP contribution in [0.25, 0.3) is 0 Å². The first-order valence-corrected chi connectivity index (χ1v) is 6.61. The minimum absolute atomic E-state index is 0.0517. The van der Waals surface area contributed by atoms with E-state index in [9.17, 15) is 4.79 Å². The molecule has 0 saturated heterocycles. The number of hydrogen-bond acceptors (Lipinski definition) is 3. The number of nitrogens with zero attached hydrogens (tertiary/aromatic N) is 2. The van der Waals surface area contributed by atoms with Crippen LogP contribution in [0.15, 0.2) is 12.1 Å². The second kappa shape index (κ2) is 6.53. The van der Waals surface area contributed by atoms with Gasteiger partial charge in [-0.3, -0.25) is 4.79 Å². The lowest BCUT2D eigenvalue weighted by Gasteiger charge is -2.15. The summed E-state index contributed by atoms with van der Waals surface area (Å²) in [5, 5.41) is 12.0. The lowest BCUT2D eigenvalue weighted by molar-refractivity contribution is 0.0937. The number of rotatable bonds is 4. The van der Waals surface area contributed by atoms with Crippen molar-refractivity contribution < 1.29 is 4.79 Å². The fourth-order valence-electron chi connectivity index (χ4n) is 1.52. The molecule has 1 N–H and O–H groups in total. The molecule has 0 bridgehead atoms. The highest BCUT2D eigenvalue weighted by Gasteiger charge is 2.17. The molecule has 4 nitrogen and oxygen atoms in total. The summed E-state index contributed by atoms with van der Waals surface area (Å²) in [6.45, 7) is 7.72. The number of amides is 1. The Balaban J connectivity index is 2.97. The molecule has 1 aromatic heterocycles. The molecule has 0 saturated carbocycles. The normalized spacial score (nSPS) is 12.3. The van der Waals surface area contributed by atoms with Gasteiger partial charge in [0, 0.05) is 11.3 Å². The van der Waals surface area contributed by atoms with Gasteiger partial charge in [0.25, 0.3) is 5.91 Å². The van der Waals surface area contributed by atoms with E-state index in [2.05, 4.69) is 16.4 Å². The molecule has 0 spiro atoms. The summed E-state index contributed by atoms with van der Waals surface area (Å²) >= 11 is 5.91. The first kappa shape index (κ1) is 15.5. The van der Waals surface area contributed by atoms with Gasteiger partial charge < -0.3 is 5.32 Å². The van der Waals surface area contributed by atoms with Gasteiger partial charge in [-0.15, -0.1) is 0 Å². The Bertz CT molecular complexity index is 506. The molecule has 0 aliphatic carbocycles. The molecule has 0 fully saturated rings. The standard InChI is InChI=1S/C14H18ClN3O/c1-8(2)11-5-10(6-13(15)17-11)14(19)18-12(7-16)9(3)4/h5-6,8-9,12H,1-4H3,(H,18,19). The third-order valence-electron chi connectivity index (χ3n) is 2.76. The third-order valence-corrected chi connectivity index (χ3v) is 2.95. The molecule has 1 rings (SSSR count). The fourth-order valence-corrected chi connectivity index (χ4v) is 1.73. The molecule has 1 atom stereocenters. The number of nitriles is 1. The largest absolute Gasteiger partial charge is 0.336 e. The van der Waals surface area contributed by atoms with E-state index < -0.39 is 6.04 Å². The van der Waals surface area contributed by atoms with Crippen molar-refractivity contribution >= 4 is 17.5 Å². The fraction of sp³-hybridized carbons (Fsp3) is 0.500. The molecule has 1 amide bonds. The number of aromatic nitrogens is 1. The molecule has 0 radical (unpaired) electrons. The second-order valence-corrected chi connectivity index (χ2v) is 5.47. The minimum Gasteiger partial charge on any atom is -0.336 e. The van der Waals surface area contributed by atoms with Gasteiger partial charge in [0.2, 0.25) is 0 Å². The molecule has 1 aromatic rings. The molecule has 1 unspecified atom stereocenters. The number of halogens is 1. The van der Waals surface area contributed by atoms with Crippen molar-refractivity contribution in [2.45, 2.75) is 39.7 Å². The number of carbonyl (C=O) groups is 1. The van der Waals surface area contributed by atoms with Crippen LogP contribution in [0.4, 0.5) is 0 Å². The molecular formula is C14H18ClN3O. The van der Waals surface area contributed by atoms with Crippen LogP contribution in [-0.2, 0) is 0 Å². The Hall–Kier alpha value is -1.60. The second-order valence-electron chi connectivity index (χ2n) is 5.08. The summed E-state index contributed by atoms with van der Waals surface area (Å²) in [5.41, 5.74) is 1.19. The maximum atomic E-state index is 12.1. The van der Waals surface area contributed by atoms with Crippen molar-refractivity contribution in [2.24, 2.45) is 5.92 Å². The van der Waals surface area contributed by atoms with E-state index in [0.717, 1.165) is 5.69 Å². The van der Waals surface area contributed by atoms with Crippen LogP contribution in [0, 0.1) is 17.2 Å². The van der Waals surface area contributed by atoms with E-state index in [4.69, 9.17) is 16.9 Å². The maximum absolute atomic E-state index is 12.1. The Kier molecular flexibility index (Phi) is 5.31. The van der Waals surface area contributed by atoms with Crippen molar-refractivity contribution in [3.05, 3.63) is 28.5 Å². The quantitative estimate of drug-likeness (QED) is 0.861. The predicted octanol–water partition coefficient (Wildman–Crippen LogP) is 3.14. The van der Waals surface area contributed by atoms with E-state index in [-0.39, 0.29) is 22.9 Å². The summed E-state index contributed by atoms with van der Waals surface area (Å²) in [4.78, 5) is 16.3. The van der Waals surface area contributed by atoms with Crippen LogP contribution in [0.5, 0.6) is 0 Å². The lowest BCUT2D eigenvalue weighted by Crippen LogP contribution is -2.37. The van der Waals surface area contributed by atoms with E-state index in [1.54, 1.807) is 6.07 Å². The minimum atomic E-state index is -0.512. The average molecular weight is 280 g/mol. The van der Waals surface area contributed by atoms with Crippen molar-refractivity contribution in [3.8, 4) is 6.07 Å². The van der Waals surface area contributed by atoms with Crippen LogP contribution in [0.3, 0.4) is 0 Å². The monoisotopic (exact) mass is 279 g/mol. The van der Waals surface area contributed by atoms with Gasteiger partial charge in [0.1, 0.15) is 11.2 Å². The highest BCUT2D eigenvalue weighted by Crippen LogP contribution is 2.18. The van der Waals surface area contributed by atoms with E-state index in [1.807, 2.05) is 27.7 Å². The van der Waals surface area contributed by atoms with Crippen LogP contribution in [0.2, 0.25) is 5.15 Å². The highest BCUT2D eigenvalue weighted by molar-refractivity contribution is 6.29. The highest BCUT2D eigenvalue weighted by atomic mass is 35.5. The zero-order chi connectivity index (χ0) is 14.6.